The van der Waals surface area contributed by atoms with E-state index in [1.54, 1.807) is 6.07 Å². The molecule has 0 fully saturated rings. The predicted octanol–water partition coefficient (Wildman–Crippen LogP) is 3.68. The summed E-state index contributed by atoms with van der Waals surface area (Å²) in [6.45, 7) is 0.0994. The SMILES string of the molecule is O=C(NCc1ccc(C(F)(F)F)cc1)c1cccnc1Cl. The van der Waals surface area contributed by atoms with Gasteiger partial charge < -0.3 is 5.32 Å². The summed E-state index contributed by atoms with van der Waals surface area (Å²) in [6, 6.07) is 7.65. The molecule has 0 aliphatic carbocycles. The van der Waals surface area contributed by atoms with Crippen LogP contribution in [0.5, 0.6) is 0 Å². The fraction of sp³-hybridized carbons (Fsp3) is 0.143. The lowest BCUT2D eigenvalue weighted by atomic mass is 10.1. The number of halogens is 4. The second kappa shape index (κ2) is 6.13. The van der Waals surface area contributed by atoms with Crippen LogP contribution in [0.25, 0.3) is 0 Å². The van der Waals surface area contributed by atoms with Crippen molar-refractivity contribution in [2.45, 2.75) is 12.7 Å². The zero-order chi connectivity index (χ0) is 15.5. The van der Waals surface area contributed by atoms with Crippen molar-refractivity contribution in [3.8, 4) is 0 Å². The molecule has 7 heteroatoms. The van der Waals surface area contributed by atoms with E-state index in [0.29, 0.717) is 5.56 Å². The summed E-state index contributed by atoms with van der Waals surface area (Å²) in [5, 5.41) is 2.64. The summed E-state index contributed by atoms with van der Waals surface area (Å²) in [7, 11) is 0. The minimum absolute atomic E-state index is 0.0717. The Morgan fingerprint density at radius 2 is 1.86 bits per heavy atom. The van der Waals surface area contributed by atoms with Gasteiger partial charge in [0.25, 0.3) is 5.91 Å². The molecule has 0 aliphatic rings. The first-order chi connectivity index (χ1) is 9.88. The van der Waals surface area contributed by atoms with Crippen LogP contribution in [0.4, 0.5) is 13.2 Å². The van der Waals surface area contributed by atoms with E-state index >= 15 is 0 Å². The lowest BCUT2D eigenvalue weighted by Crippen LogP contribution is -2.23. The quantitative estimate of drug-likeness (QED) is 0.878. The molecule has 21 heavy (non-hydrogen) atoms. The molecule has 1 heterocycles. The summed E-state index contributed by atoms with van der Waals surface area (Å²) in [5.41, 5.74) is 0.0373. The lowest BCUT2D eigenvalue weighted by Gasteiger charge is -2.09. The van der Waals surface area contributed by atoms with Gasteiger partial charge in [-0.1, -0.05) is 23.7 Å². The van der Waals surface area contributed by atoms with Crippen molar-refractivity contribution in [1.29, 1.82) is 0 Å². The summed E-state index contributed by atoms with van der Waals surface area (Å²) in [6.07, 6.45) is -2.92. The van der Waals surface area contributed by atoms with Crippen molar-refractivity contribution < 1.29 is 18.0 Å². The zero-order valence-corrected chi connectivity index (χ0v) is 11.4. The van der Waals surface area contributed by atoms with E-state index in [4.69, 9.17) is 11.6 Å². The molecule has 1 aromatic heterocycles. The highest BCUT2D eigenvalue weighted by atomic mass is 35.5. The van der Waals surface area contributed by atoms with Crippen molar-refractivity contribution in [2.75, 3.05) is 0 Å². The van der Waals surface area contributed by atoms with E-state index in [9.17, 15) is 18.0 Å². The predicted molar refractivity (Wildman–Crippen MR) is 71.9 cm³/mol. The van der Waals surface area contributed by atoms with Crippen molar-refractivity contribution >= 4 is 17.5 Å². The van der Waals surface area contributed by atoms with E-state index in [1.807, 2.05) is 0 Å². The van der Waals surface area contributed by atoms with Crippen LogP contribution in [0.2, 0.25) is 5.15 Å². The first-order valence-corrected chi connectivity index (χ1v) is 6.30. The average molecular weight is 315 g/mol. The summed E-state index contributed by atoms with van der Waals surface area (Å²) in [5.74, 6) is -0.437. The van der Waals surface area contributed by atoms with Gasteiger partial charge >= 0.3 is 6.18 Å². The van der Waals surface area contributed by atoms with Crippen LogP contribution in [0.1, 0.15) is 21.5 Å². The largest absolute Gasteiger partial charge is 0.416 e. The number of rotatable bonds is 3. The molecule has 110 valence electrons. The Hall–Kier alpha value is -2.08. The summed E-state index contributed by atoms with van der Waals surface area (Å²) >= 11 is 5.77. The normalized spacial score (nSPS) is 11.2. The molecule has 0 saturated carbocycles. The fourth-order valence-corrected chi connectivity index (χ4v) is 1.85. The van der Waals surface area contributed by atoms with Gasteiger partial charge in [0.1, 0.15) is 5.15 Å². The molecule has 0 atom stereocenters. The van der Waals surface area contributed by atoms with Gasteiger partial charge in [0, 0.05) is 12.7 Å². The van der Waals surface area contributed by atoms with Crippen molar-refractivity contribution in [3.05, 3.63) is 64.4 Å². The average Bonchev–Trinajstić information content (AvgIpc) is 2.45. The maximum atomic E-state index is 12.4. The van der Waals surface area contributed by atoms with Crippen LogP contribution in [0.3, 0.4) is 0 Å². The molecule has 1 N–H and O–H groups in total. The number of pyridine rings is 1. The Labute approximate surface area is 123 Å². The number of amides is 1. The van der Waals surface area contributed by atoms with Crippen LogP contribution in [-0.2, 0) is 12.7 Å². The number of aromatic nitrogens is 1. The van der Waals surface area contributed by atoms with Gasteiger partial charge in [-0.15, -0.1) is 0 Å². The molecule has 2 rings (SSSR count). The van der Waals surface area contributed by atoms with Gasteiger partial charge in [-0.2, -0.15) is 13.2 Å². The highest BCUT2D eigenvalue weighted by molar-refractivity contribution is 6.32. The third kappa shape index (κ3) is 3.95. The lowest BCUT2D eigenvalue weighted by molar-refractivity contribution is -0.137. The minimum atomic E-state index is -4.37. The summed E-state index contributed by atoms with van der Waals surface area (Å²) in [4.78, 5) is 15.6. The summed E-state index contributed by atoms with van der Waals surface area (Å²) < 4.78 is 37.2. The number of nitrogens with one attached hydrogen (secondary N) is 1. The molecule has 2 aromatic rings. The molecule has 0 spiro atoms. The molecule has 3 nitrogen and oxygen atoms in total. The number of carbonyl (C=O) groups excluding carboxylic acids is 1. The molecule has 0 bridgehead atoms. The number of nitrogens with zero attached hydrogens (tertiary/aromatic N) is 1. The molecule has 0 saturated heterocycles. The number of alkyl halides is 3. The highest BCUT2D eigenvalue weighted by Crippen LogP contribution is 2.29. The Morgan fingerprint density at radius 1 is 1.19 bits per heavy atom. The van der Waals surface area contributed by atoms with E-state index in [1.165, 1.54) is 24.4 Å². The smallest absolute Gasteiger partial charge is 0.348 e. The topological polar surface area (TPSA) is 42.0 Å². The van der Waals surface area contributed by atoms with Crippen LogP contribution in [0, 0.1) is 0 Å². The van der Waals surface area contributed by atoms with Crippen LogP contribution in [0.15, 0.2) is 42.6 Å². The van der Waals surface area contributed by atoms with E-state index in [-0.39, 0.29) is 17.3 Å². The van der Waals surface area contributed by atoms with Gasteiger partial charge in [-0.25, -0.2) is 4.98 Å². The van der Waals surface area contributed by atoms with Crippen LogP contribution in [-0.4, -0.2) is 10.9 Å². The second-order valence-corrected chi connectivity index (χ2v) is 4.58. The van der Waals surface area contributed by atoms with Crippen LogP contribution >= 0.6 is 11.6 Å². The van der Waals surface area contributed by atoms with Crippen molar-refractivity contribution in [1.82, 2.24) is 10.3 Å². The Balaban J connectivity index is 2.00. The molecular weight excluding hydrogens is 305 g/mol. The number of carbonyl (C=O) groups is 1. The van der Waals surface area contributed by atoms with Gasteiger partial charge in [-0.3, -0.25) is 4.79 Å². The standard InChI is InChI=1S/C14H10ClF3N2O/c15-12-11(2-1-7-19-12)13(21)20-8-9-3-5-10(6-4-9)14(16,17)18/h1-7H,8H2,(H,20,21). The molecule has 0 radical (unpaired) electrons. The number of hydrogen-bond acceptors (Lipinski definition) is 2. The third-order valence-electron chi connectivity index (χ3n) is 2.74. The van der Waals surface area contributed by atoms with Crippen molar-refractivity contribution in [2.24, 2.45) is 0 Å². The Morgan fingerprint density at radius 3 is 2.43 bits per heavy atom. The molecule has 1 aromatic carbocycles. The molecule has 1 amide bonds. The highest BCUT2D eigenvalue weighted by Gasteiger charge is 2.29. The Kier molecular flexibility index (Phi) is 4.47. The van der Waals surface area contributed by atoms with Gasteiger partial charge in [0.2, 0.25) is 0 Å². The third-order valence-corrected chi connectivity index (χ3v) is 3.04. The number of hydrogen-bond donors (Lipinski definition) is 1. The molecule has 0 aliphatic heterocycles. The maximum Gasteiger partial charge on any atom is 0.416 e. The first kappa shape index (κ1) is 15.3. The Bertz CT molecular complexity index is 641. The second-order valence-electron chi connectivity index (χ2n) is 4.22. The monoisotopic (exact) mass is 314 g/mol. The zero-order valence-electron chi connectivity index (χ0n) is 10.6. The minimum Gasteiger partial charge on any atom is -0.348 e. The fourth-order valence-electron chi connectivity index (χ4n) is 1.64. The van der Waals surface area contributed by atoms with Crippen LogP contribution < -0.4 is 5.32 Å². The van der Waals surface area contributed by atoms with Gasteiger partial charge in [0.05, 0.1) is 11.1 Å². The molecular formula is C14H10ClF3N2O. The number of benzene rings is 1. The van der Waals surface area contributed by atoms with Gasteiger partial charge in [-0.05, 0) is 29.8 Å². The van der Waals surface area contributed by atoms with E-state index < -0.39 is 17.6 Å². The van der Waals surface area contributed by atoms with E-state index in [2.05, 4.69) is 10.3 Å². The van der Waals surface area contributed by atoms with Crippen molar-refractivity contribution in [3.63, 3.8) is 0 Å². The molecule has 0 unspecified atom stereocenters. The van der Waals surface area contributed by atoms with E-state index in [0.717, 1.165) is 12.1 Å². The van der Waals surface area contributed by atoms with Gasteiger partial charge in [0.15, 0.2) is 0 Å². The first-order valence-electron chi connectivity index (χ1n) is 5.93. The maximum absolute atomic E-state index is 12.4.